The predicted octanol–water partition coefficient (Wildman–Crippen LogP) is 0.595. The number of piperazine rings is 1. The third kappa shape index (κ3) is 2.75. The highest BCUT2D eigenvalue weighted by atomic mass is 16.4. The minimum atomic E-state index is -0.976. The molecule has 110 valence electrons. The maximum absolute atomic E-state index is 12.3. The van der Waals surface area contributed by atoms with E-state index in [1.54, 1.807) is 0 Å². The van der Waals surface area contributed by atoms with Gasteiger partial charge in [0.05, 0.1) is 6.04 Å². The highest BCUT2D eigenvalue weighted by molar-refractivity contribution is 5.88. The normalized spacial score (nSPS) is 19.1. The second-order valence-corrected chi connectivity index (χ2v) is 5.22. The van der Waals surface area contributed by atoms with Crippen LogP contribution in [0.15, 0.2) is 30.5 Å². The van der Waals surface area contributed by atoms with Crippen molar-refractivity contribution in [2.75, 3.05) is 19.6 Å². The van der Waals surface area contributed by atoms with Crippen LogP contribution in [0.2, 0.25) is 0 Å². The second kappa shape index (κ2) is 5.57. The summed E-state index contributed by atoms with van der Waals surface area (Å²) in [6.45, 7) is 0.826. The van der Waals surface area contributed by atoms with Crippen LogP contribution in [0.5, 0.6) is 0 Å². The van der Waals surface area contributed by atoms with Crippen molar-refractivity contribution in [3.63, 3.8) is 0 Å². The number of para-hydroxylation sites is 1. The molecule has 1 saturated heterocycles. The SMILES string of the molecule is O=C(O)CN1CCNC(Cc2c[nH]c3ccccc23)C1=O. The third-order valence-electron chi connectivity index (χ3n) is 3.81. The lowest BCUT2D eigenvalue weighted by Gasteiger charge is -2.32. The molecule has 3 N–H and O–H groups in total. The number of carboxylic acids is 1. The lowest BCUT2D eigenvalue weighted by atomic mass is 10.0. The van der Waals surface area contributed by atoms with E-state index in [-0.39, 0.29) is 18.5 Å². The van der Waals surface area contributed by atoms with Gasteiger partial charge >= 0.3 is 5.97 Å². The number of fused-ring (bicyclic) bond motifs is 1. The van der Waals surface area contributed by atoms with E-state index < -0.39 is 5.97 Å². The average molecular weight is 287 g/mol. The fourth-order valence-corrected chi connectivity index (χ4v) is 2.79. The van der Waals surface area contributed by atoms with Gasteiger partial charge in [-0.05, 0) is 18.1 Å². The fourth-order valence-electron chi connectivity index (χ4n) is 2.79. The van der Waals surface area contributed by atoms with E-state index in [4.69, 9.17) is 5.11 Å². The molecule has 6 nitrogen and oxygen atoms in total. The Kier molecular flexibility index (Phi) is 3.62. The standard InChI is InChI=1S/C15H17N3O3/c19-14(20)9-18-6-5-16-13(15(18)21)7-10-8-17-12-4-2-1-3-11(10)12/h1-4,8,13,16-17H,5-7,9H2,(H,19,20). The molecule has 0 aliphatic carbocycles. The van der Waals surface area contributed by atoms with Crippen LogP contribution < -0.4 is 5.32 Å². The van der Waals surface area contributed by atoms with Gasteiger partial charge in [-0.25, -0.2) is 0 Å². The van der Waals surface area contributed by atoms with E-state index in [9.17, 15) is 9.59 Å². The van der Waals surface area contributed by atoms with E-state index in [1.807, 2.05) is 30.5 Å². The quantitative estimate of drug-likeness (QED) is 0.768. The molecule has 1 aromatic carbocycles. The highest BCUT2D eigenvalue weighted by Crippen LogP contribution is 2.20. The molecule has 3 rings (SSSR count). The van der Waals surface area contributed by atoms with Crippen LogP contribution in [-0.4, -0.2) is 52.5 Å². The van der Waals surface area contributed by atoms with Crippen LogP contribution in [0.3, 0.4) is 0 Å². The number of aromatic amines is 1. The van der Waals surface area contributed by atoms with Gasteiger partial charge in [0.1, 0.15) is 6.54 Å². The maximum atomic E-state index is 12.3. The van der Waals surface area contributed by atoms with Gasteiger partial charge in [-0.2, -0.15) is 0 Å². The van der Waals surface area contributed by atoms with Gasteiger partial charge in [0.25, 0.3) is 0 Å². The van der Waals surface area contributed by atoms with Crippen molar-refractivity contribution in [2.45, 2.75) is 12.5 Å². The number of benzene rings is 1. The molecule has 1 amide bonds. The molecule has 1 fully saturated rings. The predicted molar refractivity (Wildman–Crippen MR) is 78.0 cm³/mol. The molecule has 0 saturated carbocycles. The van der Waals surface area contributed by atoms with E-state index in [2.05, 4.69) is 10.3 Å². The zero-order valence-electron chi connectivity index (χ0n) is 11.5. The smallest absolute Gasteiger partial charge is 0.323 e. The molecule has 1 aliphatic rings. The van der Waals surface area contributed by atoms with E-state index in [0.29, 0.717) is 19.5 Å². The van der Waals surface area contributed by atoms with Gasteiger partial charge in [0.15, 0.2) is 0 Å². The van der Waals surface area contributed by atoms with Crippen LogP contribution in [-0.2, 0) is 16.0 Å². The Balaban J connectivity index is 1.77. The van der Waals surface area contributed by atoms with Crippen molar-refractivity contribution in [1.82, 2.24) is 15.2 Å². The number of carbonyl (C=O) groups excluding carboxylic acids is 1. The lowest BCUT2D eigenvalue weighted by Crippen LogP contribution is -2.56. The number of aromatic nitrogens is 1. The molecule has 6 heteroatoms. The van der Waals surface area contributed by atoms with Crippen molar-refractivity contribution in [3.05, 3.63) is 36.0 Å². The van der Waals surface area contributed by atoms with E-state index in [1.165, 1.54) is 4.90 Å². The van der Waals surface area contributed by atoms with Crippen LogP contribution in [0.4, 0.5) is 0 Å². The Morgan fingerprint density at radius 1 is 1.38 bits per heavy atom. The molecule has 21 heavy (non-hydrogen) atoms. The number of carboxylic acid groups (broad SMARTS) is 1. The van der Waals surface area contributed by atoms with Gasteiger partial charge in [0, 0.05) is 30.2 Å². The maximum Gasteiger partial charge on any atom is 0.323 e. The molecule has 2 heterocycles. The monoisotopic (exact) mass is 287 g/mol. The number of carbonyl (C=O) groups is 2. The first kappa shape index (κ1) is 13.6. The van der Waals surface area contributed by atoms with Crippen LogP contribution in [0.25, 0.3) is 10.9 Å². The number of hydrogen-bond donors (Lipinski definition) is 3. The molecule has 0 spiro atoms. The molecule has 1 aliphatic heterocycles. The Hall–Kier alpha value is -2.34. The zero-order valence-corrected chi connectivity index (χ0v) is 11.5. The Morgan fingerprint density at radius 2 is 2.19 bits per heavy atom. The molecule has 0 radical (unpaired) electrons. The summed E-state index contributed by atoms with van der Waals surface area (Å²) in [5.41, 5.74) is 2.10. The number of amides is 1. The fraction of sp³-hybridized carbons (Fsp3) is 0.333. The molecule has 1 aromatic heterocycles. The Labute approximate surface area is 121 Å². The van der Waals surface area contributed by atoms with Gasteiger partial charge in [-0.3, -0.25) is 9.59 Å². The zero-order chi connectivity index (χ0) is 14.8. The highest BCUT2D eigenvalue weighted by Gasteiger charge is 2.29. The largest absolute Gasteiger partial charge is 0.480 e. The van der Waals surface area contributed by atoms with E-state index in [0.717, 1.165) is 16.5 Å². The van der Waals surface area contributed by atoms with Crippen LogP contribution in [0, 0.1) is 0 Å². The summed E-state index contributed by atoms with van der Waals surface area (Å²) in [7, 11) is 0. The van der Waals surface area contributed by atoms with Crippen molar-refractivity contribution in [3.8, 4) is 0 Å². The summed E-state index contributed by atoms with van der Waals surface area (Å²) in [6, 6.07) is 7.57. The number of aliphatic carboxylic acids is 1. The topological polar surface area (TPSA) is 85.4 Å². The summed E-state index contributed by atoms with van der Waals surface area (Å²) in [6.07, 6.45) is 2.47. The minimum Gasteiger partial charge on any atom is -0.480 e. The lowest BCUT2D eigenvalue weighted by molar-refractivity contribution is -0.146. The molecule has 2 aromatic rings. The minimum absolute atomic E-state index is 0.145. The van der Waals surface area contributed by atoms with Crippen LogP contribution in [0.1, 0.15) is 5.56 Å². The van der Waals surface area contributed by atoms with Gasteiger partial charge in [0.2, 0.25) is 5.91 Å². The Bertz CT molecular complexity index is 680. The molecular formula is C15H17N3O3. The average Bonchev–Trinajstić information content (AvgIpc) is 2.86. The summed E-state index contributed by atoms with van der Waals surface area (Å²) >= 11 is 0. The number of rotatable bonds is 4. The van der Waals surface area contributed by atoms with Gasteiger partial charge < -0.3 is 20.3 Å². The number of nitrogens with one attached hydrogen (secondary N) is 2. The number of H-pyrrole nitrogens is 1. The molecular weight excluding hydrogens is 270 g/mol. The van der Waals surface area contributed by atoms with Crippen molar-refractivity contribution >= 4 is 22.8 Å². The summed E-state index contributed by atoms with van der Waals surface area (Å²) in [5.74, 6) is -1.12. The van der Waals surface area contributed by atoms with Crippen LogP contribution >= 0.6 is 0 Å². The van der Waals surface area contributed by atoms with Crippen molar-refractivity contribution in [1.29, 1.82) is 0 Å². The second-order valence-electron chi connectivity index (χ2n) is 5.22. The first-order valence-electron chi connectivity index (χ1n) is 6.94. The van der Waals surface area contributed by atoms with E-state index >= 15 is 0 Å². The number of nitrogens with zero attached hydrogens (tertiary/aromatic N) is 1. The molecule has 1 atom stereocenters. The number of hydrogen-bond acceptors (Lipinski definition) is 3. The summed E-state index contributed by atoms with van der Waals surface area (Å²) in [5, 5.41) is 13.1. The van der Waals surface area contributed by atoms with Gasteiger partial charge in [-0.15, -0.1) is 0 Å². The van der Waals surface area contributed by atoms with Crippen molar-refractivity contribution < 1.29 is 14.7 Å². The Morgan fingerprint density at radius 3 is 3.00 bits per heavy atom. The third-order valence-corrected chi connectivity index (χ3v) is 3.81. The molecule has 0 bridgehead atoms. The van der Waals surface area contributed by atoms with Crippen molar-refractivity contribution in [2.24, 2.45) is 0 Å². The van der Waals surface area contributed by atoms with Gasteiger partial charge in [-0.1, -0.05) is 18.2 Å². The first-order valence-corrected chi connectivity index (χ1v) is 6.94. The summed E-state index contributed by atoms with van der Waals surface area (Å²) in [4.78, 5) is 27.7. The first-order chi connectivity index (χ1) is 10.1. The molecule has 1 unspecified atom stereocenters. The summed E-state index contributed by atoms with van der Waals surface area (Å²) < 4.78 is 0.